The van der Waals surface area contributed by atoms with Gasteiger partial charge in [-0.3, -0.25) is 4.79 Å². The SMILES string of the molecule is COC(=O)CCc1cccc(-c2ccc(-c3onc(C)c3CCCC(O)c3ccccc3)cc2)c1. The number of ether oxygens (including phenoxy) is 1. The van der Waals surface area contributed by atoms with E-state index in [1.54, 1.807) is 0 Å². The maximum atomic E-state index is 11.5. The van der Waals surface area contributed by atoms with Gasteiger partial charge in [0.15, 0.2) is 5.76 Å². The normalized spacial score (nSPS) is 11.9. The fourth-order valence-corrected chi connectivity index (χ4v) is 4.29. The molecule has 0 aliphatic rings. The van der Waals surface area contributed by atoms with Gasteiger partial charge in [0.05, 0.1) is 18.9 Å². The topological polar surface area (TPSA) is 72.6 Å². The van der Waals surface area contributed by atoms with E-state index in [-0.39, 0.29) is 5.97 Å². The van der Waals surface area contributed by atoms with Crippen LogP contribution in [0, 0.1) is 6.92 Å². The highest BCUT2D eigenvalue weighted by molar-refractivity contribution is 5.71. The summed E-state index contributed by atoms with van der Waals surface area (Å²) in [6, 6.07) is 26.2. The summed E-state index contributed by atoms with van der Waals surface area (Å²) >= 11 is 0. The first-order valence-corrected chi connectivity index (χ1v) is 12.0. The van der Waals surface area contributed by atoms with Crippen molar-refractivity contribution >= 4 is 5.97 Å². The molecule has 1 atom stereocenters. The molecule has 5 nitrogen and oxygen atoms in total. The van der Waals surface area contributed by atoms with Gasteiger partial charge < -0.3 is 14.4 Å². The highest BCUT2D eigenvalue weighted by Gasteiger charge is 2.16. The Morgan fingerprint density at radius 3 is 2.43 bits per heavy atom. The Hall–Kier alpha value is -3.70. The first-order chi connectivity index (χ1) is 17.0. The molecule has 180 valence electrons. The molecule has 3 aromatic carbocycles. The number of hydrogen-bond acceptors (Lipinski definition) is 5. The van der Waals surface area contributed by atoms with Gasteiger partial charge in [-0.2, -0.15) is 0 Å². The predicted molar refractivity (Wildman–Crippen MR) is 137 cm³/mol. The maximum absolute atomic E-state index is 11.5. The lowest BCUT2D eigenvalue weighted by molar-refractivity contribution is -0.140. The molecule has 1 unspecified atom stereocenters. The van der Waals surface area contributed by atoms with Gasteiger partial charge in [-0.15, -0.1) is 0 Å². The third kappa shape index (κ3) is 6.25. The molecule has 1 N–H and O–H groups in total. The van der Waals surface area contributed by atoms with E-state index in [2.05, 4.69) is 41.6 Å². The van der Waals surface area contributed by atoms with Gasteiger partial charge in [0.1, 0.15) is 0 Å². The number of aryl methyl sites for hydroxylation is 2. The smallest absolute Gasteiger partial charge is 0.305 e. The van der Waals surface area contributed by atoms with Crippen LogP contribution in [0.3, 0.4) is 0 Å². The number of carbonyl (C=O) groups excluding carboxylic acids is 1. The number of esters is 1. The van der Waals surface area contributed by atoms with Crippen molar-refractivity contribution in [3.63, 3.8) is 0 Å². The van der Waals surface area contributed by atoms with Crippen molar-refractivity contribution < 1.29 is 19.2 Å². The first-order valence-electron chi connectivity index (χ1n) is 12.0. The molecule has 0 amide bonds. The van der Waals surface area contributed by atoms with Crippen LogP contribution in [-0.4, -0.2) is 23.3 Å². The van der Waals surface area contributed by atoms with Crippen LogP contribution in [0.15, 0.2) is 83.4 Å². The number of hydrogen-bond donors (Lipinski definition) is 1. The predicted octanol–water partition coefficient (Wildman–Crippen LogP) is 6.48. The van der Waals surface area contributed by atoms with Gasteiger partial charge in [0.25, 0.3) is 0 Å². The van der Waals surface area contributed by atoms with Gasteiger partial charge in [-0.25, -0.2) is 0 Å². The van der Waals surface area contributed by atoms with Crippen LogP contribution < -0.4 is 0 Å². The Bertz CT molecular complexity index is 1250. The van der Waals surface area contributed by atoms with E-state index in [4.69, 9.17) is 9.26 Å². The average Bonchev–Trinajstić information content (AvgIpc) is 3.28. The zero-order chi connectivity index (χ0) is 24.6. The summed E-state index contributed by atoms with van der Waals surface area (Å²) in [5.74, 6) is 0.586. The number of nitrogens with zero attached hydrogens (tertiary/aromatic N) is 1. The van der Waals surface area contributed by atoms with Gasteiger partial charge in [0, 0.05) is 17.5 Å². The van der Waals surface area contributed by atoms with E-state index in [0.29, 0.717) is 19.3 Å². The number of aromatic nitrogens is 1. The van der Waals surface area contributed by atoms with Crippen molar-refractivity contribution in [2.45, 2.75) is 45.1 Å². The lowest BCUT2D eigenvalue weighted by Gasteiger charge is -2.11. The van der Waals surface area contributed by atoms with Crippen molar-refractivity contribution in [3.05, 3.63) is 101 Å². The summed E-state index contributed by atoms with van der Waals surface area (Å²) in [4.78, 5) is 11.5. The highest BCUT2D eigenvalue weighted by atomic mass is 16.5. The molecule has 0 saturated heterocycles. The standard InChI is InChI=1S/C30H31NO4/c1-21-27(12-7-13-28(32)24-9-4-3-5-10-24)30(35-31-21)25-17-15-23(16-18-25)26-11-6-8-22(20-26)14-19-29(33)34-2/h3-6,8-11,15-18,20,28,32H,7,12-14,19H2,1-2H3. The molecule has 4 aromatic rings. The van der Waals surface area contributed by atoms with Crippen LogP contribution in [0.25, 0.3) is 22.5 Å². The largest absolute Gasteiger partial charge is 0.469 e. The number of benzene rings is 3. The minimum atomic E-state index is -0.470. The van der Waals surface area contributed by atoms with Crippen molar-refractivity contribution in [3.8, 4) is 22.5 Å². The van der Waals surface area contributed by atoms with Crippen LogP contribution in [0.5, 0.6) is 0 Å². The van der Waals surface area contributed by atoms with Crippen LogP contribution >= 0.6 is 0 Å². The summed E-state index contributed by atoms with van der Waals surface area (Å²) in [5.41, 5.74) is 7.19. The van der Waals surface area contributed by atoms with E-state index in [9.17, 15) is 9.90 Å². The lowest BCUT2D eigenvalue weighted by atomic mass is 9.96. The van der Waals surface area contributed by atoms with Crippen LogP contribution in [0.2, 0.25) is 0 Å². The Morgan fingerprint density at radius 2 is 1.69 bits per heavy atom. The summed E-state index contributed by atoms with van der Waals surface area (Å²) in [6.07, 6.45) is 2.86. The Morgan fingerprint density at radius 1 is 0.943 bits per heavy atom. The monoisotopic (exact) mass is 469 g/mol. The molecule has 5 heteroatoms. The average molecular weight is 470 g/mol. The molecule has 0 bridgehead atoms. The van der Waals surface area contributed by atoms with Gasteiger partial charge >= 0.3 is 5.97 Å². The minimum absolute atomic E-state index is 0.201. The van der Waals surface area contributed by atoms with Crippen molar-refractivity contribution in [2.75, 3.05) is 7.11 Å². The summed E-state index contributed by atoms with van der Waals surface area (Å²) < 4.78 is 10.4. The molecular weight excluding hydrogens is 438 g/mol. The quantitative estimate of drug-likeness (QED) is 0.269. The Balaban J connectivity index is 1.43. The highest BCUT2D eigenvalue weighted by Crippen LogP contribution is 2.31. The zero-order valence-corrected chi connectivity index (χ0v) is 20.2. The number of rotatable bonds is 10. The fourth-order valence-electron chi connectivity index (χ4n) is 4.29. The second-order valence-electron chi connectivity index (χ2n) is 8.75. The molecule has 0 aliphatic heterocycles. The second-order valence-corrected chi connectivity index (χ2v) is 8.75. The molecule has 1 heterocycles. The number of aliphatic hydroxyl groups is 1. The van der Waals surface area contributed by atoms with E-state index < -0.39 is 6.10 Å². The maximum Gasteiger partial charge on any atom is 0.305 e. The molecule has 4 rings (SSSR count). The molecule has 1 aromatic heterocycles. The molecular formula is C30H31NO4. The van der Waals surface area contributed by atoms with Gasteiger partial charge in [0.2, 0.25) is 0 Å². The van der Waals surface area contributed by atoms with E-state index in [0.717, 1.165) is 57.7 Å². The van der Waals surface area contributed by atoms with Gasteiger partial charge in [-0.05, 0) is 54.9 Å². The minimum Gasteiger partial charge on any atom is -0.469 e. The number of aliphatic hydroxyl groups excluding tert-OH is 1. The Kier molecular flexibility index (Phi) is 8.11. The van der Waals surface area contributed by atoms with E-state index in [1.165, 1.54) is 7.11 Å². The van der Waals surface area contributed by atoms with Crippen molar-refractivity contribution in [2.24, 2.45) is 0 Å². The Labute approximate surface area is 206 Å². The van der Waals surface area contributed by atoms with Gasteiger partial charge in [-0.1, -0.05) is 84.0 Å². The molecule has 0 fully saturated rings. The summed E-state index contributed by atoms with van der Waals surface area (Å²) in [5, 5.41) is 14.7. The number of carbonyl (C=O) groups is 1. The lowest BCUT2D eigenvalue weighted by Crippen LogP contribution is -2.01. The van der Waals surface area contributed by atoms with Crippen molar-refractivity contribution in [1.29, 1.82) is 0 Å². The third-order valence-electron chi connectivity index (χ3n) is 6.33. The molecule has 35 heavy (non-hydrogen) atoms. The number of methoxy groups -OCH3 is 1. The van der Waals surface area contributed by atoms with Crippen LogP contribution in [0.4, 0.5) is 0 Å². The first kappa shape index (κ1) is 24.4. The van der Waals surface area contributed by atoms with E-state index in [1.807, 2.05) is 49.4 Å². The van der Waals surface area contributed by atoms with E-state index >= 15 is 0 Å². The molecule has 0 aliphatic carbocycles. The second kappa shape index (κ2) is 11.6. The zero-order valence-electron chi connectivity index (χ0n) is 20.2. The van der Waals surface area contributed by atoms with Crippen LogP contribution in [0.1, 0.15) is 47.8 Å². The fraction of sp³-hybridized carbons (Fsp3) is 0.267. The van der Waals surface area contributed by atoms with Crippen LogP contribution in [-0.2, 0) is 22.4 Å². The molecule has 0 radical (unpaired) electrons. The molecule has 0 saturated carbocycles. The third-order valence-corrected chi connectivity index (χ3v) is 6.33. The summed E-state index contributed by atoms with van der Waals surface area (Å²) in [6.45, 7) is 1.96. The van der Waals surface area contributed by atoms with Crippen molar-refractivity contribution in [1.82, 2.24) is 5.16 Å². The molecule has 0 spiro atoms. The summed E-state index contributed by atoms with van der Waals surface area (Å²) in [7, 11) is 1.41.